The monoisotopic (exact) mass is 311 g/mol. The number of hydrogen-bond acceptors (Lipinski definition) is 3. The van der Waals surface area contributed by atoms with Crippen LogP contribution in [0.1, 0.15) is 31.2 Å². The fraction of sp³-hybridized carbons (Fsp3) is 0.562. The molecule has 0 spiro atoms. The first kappa shape index (κ1) is 16.1. The average molecular weight is 312 g/mol. The van der Waals surface area contributed by atoms with E-state index in [0.717, 1.165) is 31.2 Å². The van der Waals surface area contributed by atoms with Crippen LogP contribution in [0.4, 0.5) is 0 Å². The van der Waals surface area contributed by atoms with Gasteiger partial charge in [-0.1, -0.05) is 17.7 Å². The highest BCUT2D eigenvalue weighted by Crippen LogP contribution is 2.25. The third-order valence-corrected chi connectivity index (χ3v) is 4.43. The van der Waals surface area contributed by atoms with Gasteiger partial charge in [-0.15, -0.1) is 0 Å². The number of carbonyl (C=O) groups is 1. The van der Waals surface area contributed by atoms with Gasteiger partial charge in [0.05, 0.1) is 13.5 Å². The van der Waals surface area contributed by atoms with Crippen molar-refractivity contribution in [1.82, 2.24) is 5.32 Å². The van der Waals surface area contributed by atoms with Crippen LogP contribution < -0.4 is 10.1 Å². The molecule has 0 radical (unpaired) electrons. The second-order valence-corrected chi connectivity index (χ2v) is 6.01. The predicted molar refractivity (Wildman–Crippen MR) is 82.7 cm³/mol. The summed E-state index contributed by atoms with van der Waals surface area (Å²) >= 11 is 6.15. The Bertz CT molecular complexity index is 484. The van der Waals surface area contributed by atoms with Gasteiger partial charge in [-0.25, -0.2) is 0 Å². The Kier molecular flexibility index (Phi) is 5.88. The van der Waals surface area contributed by atoms with Crippen LogP contribution in [0.2, 0.25) is 5.02 Å². The normalized spacial score (nSPS) is 21.9. The van der Waals surface area contributed by atoms with Crippen molar-refractivity contribution in [3.05, 3.63) is 28.8 Å². The Balaban J connectivity index is 1.85. The number of rotatable bonds is 5. The molecule has 2 rings (SSSR count). The van der Waals surface area contributed by atoms with Crippen LogP contribution in [0.25, 0.3) is 0 Å². The molecule has 4 nitrogen and oxygen atoms in total. The molecule has 1 fully saturated rings. The van der Waals surface area contributed by atoms with Gasteiger partial charge in [0.2, 0.25) is 5.91 Å². The molecule has 1 aromatic carbocycles. The molecule has 1 aliphatic rings. The van der Waals surface area contributed by atoms with Gasteiger partial charge in [-0.05, 0) is 49.3 Å². The molecular formula is C16H22ClNO3. The predicted octanol–water partition coefficient (Wildman–Crippen LogP) is 2.56. The number of amides is 1. The number of carbonyl (C=O) groups excluding carboxylic acids is 1. The largest absolute Gasteiger partial charge is 0.497 e. The van der Waals surface area contributed by atoms with Crippen LogP contribution in [-0.2, 0) is 11.2 Å². The molecule has 116 valence electrons. The first-order valence-corrected chi connectivity index (χ1v) is 7.72. The molecule has 0 heterocycles. The minimum absolute atomic E-state index is 0.00508. The van der Waals surface area contributed by atoms with Crippen molar-refractivity contribution >= 4 is 17.5 Å². The van der Waals surface area contributed by atoms with E-state index in [4.69, 9.17) is 21.4 Å². The Morgan fingerprint density at radius 1 is 1.38 bits per heavy atom. The molecule has 21 heavy (non-hydrogen) atoms. The van der Waals surface area contributed by atoms with E-state index in [1.807, 2.05) is 6.07 Å². The molecule has 1 amide bonds. The maximum absolute atomic E-state index is 12.1. The summed E-state index contributed by atoms with van der Waals surface area (Å²) in [5.74, 6) is 1.08. The van der Waals surface area contributed by atoms with Gasteiger partial charge in [-0.2, -0.15) is 0 Å². The van der Waals surface area contributed by atoms with Crippen molar-refractivity contribution in [3.8, 4) is 5.75 Å². The van der Waals surface area contributed by atoms with E-state index in [1.165, 1.54) is 0 Å². The van der Waals surface area contributed by atoms with Crippen molar-refractivity contribution in [2.45, 2.75) is 38.1 Å². The fourth-order valence-corrected chi connectivity index (χ4v) is 2.98. The van der Waals surface area contributed by atoms with E-state index < -0.39 is 0 Å². The number of aliphatic hydroxyl groups excluding tert-OH is 1. The quantitative estimate of drug-likeness (QED) is 0.878. The zero-order valence-electron chi connectivity index (χ0n) is 12.3. The molecule has 0 aromatic heterocycles. The molecule has 2 N–H and O–H groups in total. The summed E-state index contributed by atoms with van der Waals surface area (Å²) in [5.41, 5.74) is 0.805. The van der Waals surface area contributed by atoms with Crippen LogP contribution in [-0.4, -0.2) is 30.8 Å². The SMILES string of the molecule is COc1ccc(CC(=O)NC2CCC(CO)CC2)c(Cl)c1. The maximum Gasteiger partial charge on any atom is 0.224 e. The summed E-state index contributed by atoms with van der Waals surface area (Å²) in [7, 11) is 1.58. The topological polar surface area (TPSA) is 58.6 Å². The van der Waals surface area contributed by atoms with Gasteiger partial charge in [0.25, 0.3) is 0 Å². The average Bonchev–Trinajstić information content (AvgIpc) is 2.50. The standard InChI is InChI=1S/C16H22ClNO3/c1-21-14-7-4-12(15(17)9-14)8-16(20)18-13-5-2-11(10-19)3-6-13/h4,7,9,11,13,19H,2-3,5-6,8,10H2,1H3,(H,18,20). The van der Waals surface area contributed by atoms with Crippen molar-refractivity contribution in [2.24, 2.45) is 5.92 Å². The number of ether oxygens (including phenoxy) is 1. The van der Waals surface area contributed by atoms with E-state index in [1.54, 1.807) is 19.2 Å². The Labute approximate surface area is 130 Å². The molecule has 0 atom stereocenters. The Morgan fingerprint density at radius 3 is 2.67 bits per heavy atom. The second-order valence-electron chi connectivity index (χ2n) is 5.60. The number of nitrogens with one attached hydrogen (secondary N) is 1. The van der Waals surface area contributed by atoms with Crippen molar-refractivity contribution in [1.29, 1.82) is 0 Å². The number of halogens is 1. The zero-order chi connectivity index (χ0) is 15.2. The number of methoxy groups -OCH3 is 1. The van der Waals surface area contributed by atoms with Crippen LogP contribution in [0.3, 0.4) is 0 Å². The lowest BCUT2D eigenvalue weighted by Gasteiger charge is -2.28. The van der Waals surface area contributed by atoms with Crippen LogP contribution >= 0.6 is 11.6 Å². The fourth-order valence-electron chi connectivity index (χ4n) is 2.74. The van der Waals surface area contributed by atoms with E-state index in [9.17, 15) is 4.79 Å². The molecular weight excluding hydrogens is 290 g/mol. The molecule has 5 heteroatoms. The van der Waals surface area contributed by atoms with Crippen LogP contribution in [0.15, 0.2) is 18.2 Å². The first-order valence-electron chi connectivity index (χ1n) is 7.35. The summed E-state index contributed by atoms with van der Waals surface area (Å²) in [6.45, 7) is 0.252. The summed E-state index contributed by atoms with van der Waals surface area (Å²) < 4.78 is 5.09. The molecule has 0 unspecified atom stereocenters. The van der Waals surface area contributed by atoms with E-state index >= 15 is 0 Å². The molecule has 0 saturated heterocycles. The third-order valence-electron chi connectivity index (χ3n) is 4.08. The molecule has 1 aromatic rings. The highest BCUT2D eigenvalue weighted by Gasteiger charge is 2.22. The third kappa shape index (κ3) is 4.61. The van der Waals surface area contributed by atoms with Gasteiger partial charge < -0.3 is 15.2 Å². The van der Waals surface area contributed by atoms with Crippen molar-refractivity contribution in [2.75, 3.05) is 13.7 Å². The van der Waals surface area contributed by atoms with Gasteiger partial charge in [0.15, 0.2) is 0 Å². The number of aliphatic hydroxyl groups is 1. The van der Waals surface area contributed by atoms with E-state index in [2.05, 4.69) is 5.32 Å². The molecule has 1 aliphatic carbocycles. The molecule has 0 bridgehead atoms. The second kappa shape index (κ2) is 7.66. The highest BCUT2D eigenvalue weighted by molar-refractivity contribution is 6.31. The minimum atomic E-state index is -0.00508. The van der Waals surface area contributed by atoms with Crippen molar-refractivity contribution in [3.63, 3.8) is 0 Å². The van der Waals surface area contributed by atoms with E-state index in [0.29, 0.717) is 16.7 Å². The highest BCUT2D eigenvalue weighted by atomic mass is 35.5. The Hall–Kier alpha value is -1.26. The maximum atomic E-state index is 12.1. The molecule has 1 saturated carbocycles. The first-order chi connectivity index (χ1) is 10.1. The summed E-state index contributed by atoms with van der Waals surface area (Å²) in [6.07, 6.45) is 4.11. The lowest BCUT2D eigenvalue weighted by molar-refractivity contribution is -0.121. The number of benzene rings is 1. The van der Waals surface area contributed by atoms with Gasteiger partial charge in [-0.3, -0.25) is 4.79 Å². The van der Waals surface area contributed by atoms with Gasteiger partial charge in [0, 0.05) is 17.7 Å². The van der Waals surface area contributed by atoms with Gasteiger partial charge in [0.1, 0.15) is 5.75 Å². The Morgan fingerprint density at radius 2 is 2.10 bits per heavy atom. The van der Waals surface area contributed by atoms with E-state index in [-0.39, 0.29) is 25.0 Å². The van der Waals surface area contributed by atoms with Crippen molar-refractivity contribution < 1.29 is 14.6 Å². The summed E-state index contributed by atoms with van der Waals surface area (Å²) in [6, 6.07) is 5.57. The number of hydrogen-bond donors (Lipinski definition) is 2. The van der Waals surface area contributed by atoms with Crippen LogP contribution in [0, 0.1) is 5.92 Å². The summed E-state index contributed by atoms with van der Waals surface area (Å²) in [4.78, 5) is 12.1. The lowest BCUT2D eigenvalue weighted by Crippen LogP contribution is -2.38. The zero-order valence-corrected chi connectivity index (χ0v) is 13.0. The van der Waals surface area contributed by atoms with Gasteiger partial charge >= 0.3 is 0 Å². The minimum Gasteiger partial charge on any atom is -0.497 e. The molecule has 0 aliphatic heterocycles. The summed E-state index contributed by atoms with van der Waals surface area (Å²) in [5, 5.41) is 12.7. The van der Waals surface area contributed by atoms with Crippen LogP contribution in [0.5, 0.6) is 5.75 Å². The smallest absolute Gasteiger partial charge is 0.224 e. The lowest BCUT2D eigenvalue weighted by atomic mass is 9.86.